The molecule has 6 heteroatoms. The topological polar surface area (TPSA) is 90.8 Å². The Labute approximate surface area is 136 Å². The number of para-hydroxylation sites is 1. The highest BCUT2D eigenvalue weighted by atomic mass is 16.6. The Balaban J connectivity index is 1.87. The minimum Gasteiger partial charge on any atom is -0.504 e. The van der Waals surface area contributed by atoms with Crippen LogP contribution in [-0.2, 0) is 11.3 Å². The van der Waals surface area contributed by atoms with E-state index in [0.29, 0.717) is 18.7 Å². The van der Waals surface area contributed by atoms with Crippen LogP contribution in [-0.4, -0.2) is 34.0 Å². The number of phenolic OH excluding ortho intramolecular Hbond substituents is 2. The molecule has 128 valence electrons. The van der Waals surface area contributed by atoms with E-state index in [1.54, 1.807) is 12.1 Å². The zero-order valence-electron chi connectivity index (χ0n) is 14.0. The fourth-order valence-electron chi connectivity index (χ4n) is 2.63. The molecule has 6 nitrogen and oxygen atoms in total. The molecule has 1 amide bonds. The van der Waals surface area contributed by atoms with Crippen LogP contribution < -0.4 is 10.6 Å². The van der Waals surface area contributed by atoms with E-state index < -0.39 is 11.7 Å². The smallest absolute Gasteiger partial charge is 0.408 e. The number of ether oxygens (including phenoxy) is 1. The number of rotatable bonds is 5. The van der Waals surface area contributed by atoms with E-state index in [4.69, 9.17) is 4.74 Å². The van der Waals surface area contributed by atoms with Gasteiger partial charge in [0.05, 0.1) is 5.54 Å². The molecule has 0 saturated heterocycles. The van der Waals surface area contributed by atoms with Crippen LogP contribution in [0, 0.1) is 0 Å². The molecule has 0 heterocycles. The molecule has 0 spiro atoms. The summed E-state index contributed by atoms with van der Waals surface area (Å²) in [6, 6.07) is 4.87. The van der Waals surface area contributed by atoms with Crippen molar-refractivity contribution in [1.82, 2.24) is 10.6 Å². The molecule has 0 unspecified atom stereocenters. The fourth-order valence-corrected chi connectivity index (χ4v) is 2.63. The monoisotopic (exact) mass is 322 g/mol. The van der Waals surface area contributed by atoms with E-state index in [1.165, 1.54) is 6.07 Å². The summed E-state index contributed by atoms with van der Waals surface area (Å²) < 4.78 is 5.32. The normalized spacial score (nSPS) is 16.5. The van der Waals surface area contributed by atoms with Gasteiger partial charge in [-0.2, -0.15) is 0 Å². The maximum atomic E-state index is 12.0. The van der Waals surface area contributed by atoms with E-state index in [9.17, 15) is 15.0 Å². The summed E-state index contributed by atoms with van der Waals surface area (Å²) >= 11 is 0. The van der Waals surface area contributed by atoms with Gasteiger partial charge in [0.1, 0.15) is 5.60 Å². The lowest BCUT2D eigenvalue weighted by molar-refractivity contribution is 0.0382. The van der Waals surface area contributed by atoms with Gasteiger partial charge in [-0.15, -0.1) is 0 Å². The van der Waals surface area contributed by atoms with E-state index >= 15 is 0 Å². The second-order valence-electron chi connectivity index (χ2n) is 7.15. The molecule has 1 aromatic carbocycles. The number of carbonyl (C=O) groups excluding carboxylic acids is 1. The summed E-state index contributed by atoms with van der Waals surface area (Å²) in [5, 5.41) is 25.5. The Bertz CT molecular complexity index is 562. The number of benzene rings is 1. The third-order valence-electron chi connectivity index (χ3n) is 3.95. The van der Waals surface area contributed by atoms with Crippen LogP contribution in [0.2, 0.25) is 0 Å². The average Bonchev–Trinajstić information content (AvgIpc) is 2.38. The molecule has 0 radical (unpaired) electrons. The SMILES string of the molecule is CC(C)(C)OC(=O)NC1(CNCc2cccc(O)c2O)CCC1. The van der Waals surface area contributed by atoms with Crippen LogP contribution in [0.3, 0.4) is 0 Å². The van der Waals surface area contributed by atoms with Gasteiger partial charge in [-0.1, -0.05) is 12.1 Å². The number of amides is 1. The number of aromatic hydroxyl groups is 2. The lowest BCUT2D eigenvalue weighted by Gasteiger charge is -2.42. The first-order chi connectivity index (χ1) is 10.7. The first-order valence-electron chi connectivity index (χ1n) is 7.92. The Morgan fingerprint density at radius 3 is 2.57 bits per heavy atom. The first kappa shape index (κ1) is 17.4. The van der Waals surface area contributed by atoms with Gasteiger partial charge in [0.25, 0.3) is 0 Å². The van der Waals surface area contributed by atoms with Crippen LogP contribution >= 0.6 is 0 Å². The average molecular weight is 322 g/mol. The molecule has 0 aromatic heterocycles. The van der Waals surface area contributed by atoms with Crippen LogP contribution in [0.25, 0.3) is 0 Å². The summed E-state index contributed by atoms with van der Waals surface area (Å²) in [4.78, 5) is 12.0. The fraction of sp³-hybridized carbons (Fsp3) is 0.588. The maximum absolute atomic E-state index is 12.0. The second-order valence-corrected chi connectivity index (χ2v) is 7.15. The van der Waals surface area contributed by atoms with Crippen LogP contribution in [0.1, 0.15) is 45.6 Å². The minimum absolute atomic E-state index is 0.109. The molecular formula is C17H26N2O4. The number of hydrogen-bond acceptors (Lipinski definition) is 5. The van der Waals surface area contributed by atoms with E-state index in [2.05, 4.69) is 10.6 Å². The Kier molecular flexibility index (Phi) is 5.04. The molecule has 23 heavy (non-hydrogen) atoms. The molecule has 0 atom stereocenters. The van der Waals surface area contributed by atoms with E-state index in [0.717, 1.165) is 19.3 Å². The number of nitrogens with one attached hydrogen (secondary N) is 2. The zero-order valence-corrected chi connectivity index (χ0v) is 14.0. The Morgan fingerprint density at radius 2 is 2.00 bits per heavy atom. The number of phenols is 2. The highest BCUT2D eigenvalue weighted by molar-refractivity contribution is 5.69. The molecular weight excluding hydrogens is 296 g/mol. The van der Waals surface area contributed by atoms with Crippen molar-refractivity contribution in [2.24, 2.45) is 0 Å². The van der Waals surface area contributed by atoms with Crippen molar-refractivity contribution in [3.63, 3.8) is 0 Å². The van der Waals surface area contributed by atoms with Crippen molar-refractivity contribution in [3.05, 3.63) is 23.8 Å². The molecule has 1 aliphatic carbocycles. The third kappa shape index (κ3) is 4.76. The maximum Gasteiger partial charge on any atom is 0.408 e. The summed E-state index contributed by atoms with van der Waals surface area (Å²) in [7, 11) is 0. The van der Waals surface area contributed by atoms with Crippen molar-refractivity contribution in [1.29, 1.82) is 0 Å². The van der Waals surface area contributed by atoms with E-state index in [-0.39, 0.29) is 17.0 Å². The number of alkyl carbamates (subject to hydrolysis) is 1. The van der Waals surface area contributed by atoms with Crippen LogP contribution in [0.15, 0.2) is 18.2 Å². The molecule has 1 aromatic rings. The molecule has 1 saturated carbocycles. The van der Waals surface area contributed by atoms with Gasteiger partial charge in [0, 0.05) is 18.7 Å². The number of hydrogen-bond donors (Lipinski definition) is 4. The third-order valence-corrected chi connectivity index (χ3v) is 3.95. The Hall–Kier alpha value is -1.95. The summed E-state index contributed by atoms with van der Waals surface area (Å²) in [6.07, 6.45) is 2.45. The highest BCUT2D eigenvalue weighted by Crippen LogP contribution is 2.32. The largest absolute Gasteiger partial charge is 0.504 e. The van der Waals surface area contributed by atoms with Crippen molar-refractivity contribution >= 4 is 6.09 Å². The molecule has 1 aliphatic rings. The van der Waals surface area contributed by atoms with Gasteiger partial charge in [-0.25, -0.2) is 4.79 Å². The van der Waals surface area contributed by atoms with E-state index in [1.807, 2.05) is 20.8 Å². The van der Waals surface area contributed by atoms with Gasteiger partial charge in [-0.05, 0) is 46.1 Å². The second kappa shape index (κ2) is 6.66. The van der Waals surface area contributed by atoms with Gasteiger partial charge >= 0.3 is 6.09 Å². The van der Waals surface area contributed by atoms with Crippen LogP contribution in [0.5, 0.6) is 11.5 Å². The lowest BCUT2D eigenvalue weighted by atomic mass is 9.76. The summed E-state index contributed by atoms with van der Waals surface area (Å²) in [5.41, 5.74) is -0.193. The van der Waals surface area contributed by atoms with Crippen molar-refractivity contribution in [3.8, 4) is 11.5 Å². The molecule has 0 bridgehead atoms. The summed E-state index contributed by atoms with van der Waals surface area (Å²) in [5.74, 6) is -0.239. The minimum atomic E-state index is -0.518. The lowest BCUT2D eigenvalue weighted by Crippen LogP contribution is -2.59. The van der Waals surface area contributed by atoms with Crippen molar-refractivity contribution < 1.29 is 19.7 Å². The first-order valence-corrected chi connectivity index (χ1v) is 7.92. The van der Waals surface area contributed by atoms with Gasteiger partial charge in [-0.3, -0.25) is 0 Å². The molecule has 1 fully saturated rings. The molecule has 4 N–H and O–H groups in total. The van der Waals surface area contributed by atoms with Gasteiger partial charge < -0.3 is 25.6 Å². The quantitative estimate of drug-likeness (QED) is 0.626. The molecule has 0 aliphatic heterocycles. The van der Waals surface area contributed by atoms with Gasteiger partial charge in [0.15, 0.2) is 11.5 Å². The predicted octanol–water partition coefficient (Wildman–Crippen LogP) is 2.63. The standard InChI is InChI=1S/C17H26N2O4/c1-16(2,3)23-15(22)19-17(8-5-9-17)11-18-10-12-6-4-7-13(20)14(12)21/h4,6-7,18,20-21H,5,8-11H2,1-3H3,(H,19,22). The predicted molar refractivity (Wildman–Crippen MR) is 87.4 cm³/mol. The van der Waals surface area contributed by atoms with Crippen molar-refractivity contribution in [2.75, 3.05) is 6.54 Å². The highest BCUT2D eigenvalue weighted by Gasteiger charge is 2.39. The summed E-state index contributed by atoms with van der Waals surface area (Å²) in [6.45, 7) is 6.51. The Morgan fingerprint density at radius 1 is 1.30 bits per heavy atom. The van der Waals surface area contributed by atoms with Gasteiger partial charge in [0.2, 0.25) is 0 Å². The molecule has 2 rings (SSSR count). The van der Waals surface area contributed by atoms with Crippen LogP contribution in [0.4, 0.5) is 4.79 Å². The number of carbonyl (C=O) groups is 1. The van der Waals surface area contributed by atoms with Crippen molar-refractivity contribution in [2.45, 2.75) is 57.7 Å². The zero-order chi connectivity index (χ0) is 17.1.